The van der Waals surface area contributed by atoms with Crippen LogP contribution < -0.4 is 0 Å². The fraction of sp³-hybridized carbons (Fsp3) is 0.800. The maximum absolute atomic E-state index is 9.51. The fourth-order valence-corrected chi connectivity index (χ4v) is 3.02. The molecule has 0 radical (unpaired) electrons. The number of likely N-dealkylation sites (tertiary alicyclic amines) is 1. The smallest absolute Gasteiger partial charge is 0.141 e. The second kappa shape index (κ2) is 5.92. The zero-order valence-electron chi connectivity index (χ0n) is 13.0. The van der Waals surface area contributed by atoms with Crippen molar-refractivity contribution in [3.8, 4) is 6.07 Å². The van der Waals surface area contributed by atoms with Crippen LogP contribution in [0.15, 0.2) is 6.33 Å². The predicted molar refractivity (Wildman–Crippen MR) is 77.7 cm³/mol. The molecule has 1 saturated heterocycles. The van der Waals surface area contributed by atoms with E-state index in [-0.39, 0.29) is 11.5 Å². The number of nitriles is 1. The lowest BCUT2D eigenvalue weighted by Crippen LogP contribution is -2.48. The number of aromatic nitrogens is 3. The highest BCUT2D eigenvalue weighted by Crippen LogP contribution is 2.35. The van der Waals surface area contributed by atoms with Gasteiger partial charge >= 0.3 is 0 Å². The highest BCUT2D eigenvalue weighted by atomic mass is 15.4. The molecule has 0 bridgehead atoms. The van der Waals surface area contributed by atoms with Crippen molar-refractivity contribution in [3.63, 3.8) is 0 Å². The average Bonchev–Trinajstić information content (AvgIpc) is 2.75. The van der Waals surface area contributed by atoms with Gasteiger partial charge in [0.1, 0.15) is 18.2 Å². The summed E-state index contributed by atoms with van der Waals surface area (Å²) in [4.78, 5) is 6.63. The van der Waals surface area contributed by atoms with Crippen LogP contribution >= 0.6 is 0 Å². The van der Waals surface area contributed by atoms with Crippen molar-refractivity contribution in [1.82, 2.24) is 19.7 Å². The van der Waals surface area contributed by atoms with Gasteiger partial charge in [-0.1, -0.05) is 27.7 Å². The minimum Gasteiger partial charge on any atom is -0.280 e. The molecule has 1 aromatic rings. The molecule has 0 aliphatic carbocycles. The van der Waals surface area contributed by atoms with E-state index in [1.807, 2.05) is 4.68 Å². The van der Waals surface area contributed by atoms with Crippen molar-refractivity contribution in [2.24, 2.45) is 11.3 Å². The quantitative estimate of drug-likeness (QED) is 0.847. The molecule has 1 fully saturated rings. The second-order valence-electron chi connectivity index (χ2n) is 6.85. The Balaban J connectivity index is 2.13. The lowest BCUT2D eigenvalue weighted by Gasteiger charge is -2.42. The van der Waals surface area contributed by atoms with E-state index in [2.05, 4.69) is 48.7 Å². The van der Waals surface area contributed by atoms with Crippen LogP contribution in [0.2, 0.25) is 0 Å². The standard InChI is InChI=1S/C15H25N5/c1-12(2)9-20-14(17-11-18-20)10-19-7-5-6-15(3,4)13(19)8-16/h11-13H,5-7,9-10H2,1-4H3. The third kappa shape index (κ3) is 3.18. The second-order valence-corrected chi connectivity index (χ2v) is 6.85. The highest BCUT2D eigenvalue weighted by molar-refractivity contribution is 5.05. The molecule has 0 N–H and O–H groups in total. The molecule has 0 amide bonds. The first-order valence-electron chi connectivity index (χ1n) is 7.44. The van der Waals surface area contributed by atoms with Crippen LogP contribution in [0.5, 0.6) is 0 Å². The van der Waals surface area contributed by atoms with Crippen LogP contribution in [0.4, 0.5) is 0 Å². The Morgan fingerprint density at radius 2 is 2.25 bits per heavy atom. The third-order valence-corrected chi connectivity index (χ3v) is 4.07. The van der Waals surface area contributed by atoms with Crippen LogP contribution in [0, 0.1) is 22.7 Å². The summed E-state index contributed by atoms with van der Waals surface area (Å²) >= 11 is 0. The molecule has 5 heteroatoms. The van der Waals surface area contributed by atoms with Crippen LogP contribution in [0.1, 0.15) is 46.4 Å². The Labute approximate surface area is 121 Å². The van der Waals surface area contributed by atoms with E-state index in [9.17, 15) is 5.26 Å². The van der Waals surface area contributed by atoms with E-state index in [0.29, 0.717) is 12.5 Å². The lowest BCUT2D eigenvalue weighted by molar-refractivity contribution is 0.0628. The molecule has 1 aliphatic rings. The van der Waals surface area contributed by atoms with Crippen molar-refractivity contribution >= 4 is 0 Å². The number of hydrogen-bond donors (Lipinski definition) is 0. The predicted octanol–water partition coefficient (Wildman–Crippen LogP) is 2.45. The largest absolute Gasteiger partial charge is 0.280 e. The molecule has 1 atom stereocenters. The molecule has 2 heterocycles. The zero-order valence-corrected chi connectivity index (χ0v) is 13.0. The van der Waals surface area contributed by atoms with Crippen molar-refractivity contribution < 1.29 is 0 Å². The summed E-state index contributed by atoms with van der Waals surface area (Å²) in [5, 5.41) is 13.8. The first kappa shape index (κ1) is 15.0. The normalized spacial score (nSPS) is 22.9. The van der Waals surface area contributed by atoms with Crippen molar-refractivity contribution in [2.75, 3.05) is 6.54 Å². The molecule has 5 nitrogen and oxygen atoms in total. The van der Waals surface area contributed by atoms with Gasteiger partial charge in [0.05, 0.1) is 12.6 Å². The Morgan fingerprint density at radius 3 is 2.90 bits per heavy atom. The summed E-state index contributed by atoms with van der Waals surface area (Å²) in [6.07, 6.45) is 3.87. The van der Waals surface area contributed by atoms with Gasteiger partial charge in [-0.3, -0.25) is 4.90 Å². The summed E-state index contributed by atoms with van der Waals surface area (Å²) in [5.41, 5.74) is 0.0515. The molecule has 110 valence electrons. The monoisotopic (exact) mass is 275 g/mol. The number of nitrogens with zero attached hydrogens (tertiary/aromatic N) is 5. The van der Waals surface area contributed by atoms with Gasteiger partial charge in [-0.05, 0) is 30.7 Å². The van der Waals surface area contributed by atoms with Gasteiger partial charge in [0.2, 0.25) is 0 Å². The molecule has 20 heavy (non-hydrogen) atoms. The maximum Gasteiger partial charge on any atom is 0.141 e. The first-order chi connectivity index (χ1) is 9.44. The number of piperidine rings is 1. The van der Waals surface area contributed by atoms with E-state index >= 15 is 0 Å². The fourth-order valence-electron chi connectivity index (χ4n) is 3.02. The van der Waals surface area contributed by atoms with Gasteiger partial charge in [-0.25, -0.2) is 9.67 Å². The van der Waals surface area contributed by atoms with Crippen LogP contribution in [-0.4, -0.2) is 32.3 Å². The van der Waals surface area contributed by atoms with Gasteiger partial charge < -0.3 is 0 Å². The summed E-state index contributed by atoms with van der Waals surface area (Å²) in [7, 11) is 0. The number of hydrogen-bond acceptors (Lipinski definition) is 4. The topological polar surface area (TPSA) is 57.7 Å². The SMILES string of the molecule is CC(C)Cn1ncnc1CN1CCCC(C)(C)C1C#N. The molecule has 1 aliphatic heterocycles. The zero-order chi connectivity index (χ0) is 14.8. The molecule has 0 saturated carbocycles. The molecule has 2 rings (SSSR count). The maximum atomic E-state index is 9.51. The van der Waals surface area contributed by atoms with Crippen molar-refractivity contribution in [3.05, 3.63) is 12.2 Å². The van der Waals surface area contributed by atoms with Gasteiger partial charge in [0, 0.05) is 6.54 Å². The molecule has 0 aromatic carbocycles. The first-order valence-corrected chi connectivity index (χ1v) is 7.44. The van der Waals surface area contributed by atoms with Crippen LogP contribution in [0.25, 0.3) is 0 Å². The molecular weight excluding hydrogens is 250 g/mol. The summed E-state index contributed by atoms with van der Waals surface area (Å²) in [6, 6.07) is 2.44. The Morgan fingerprint density at radius 1 is 1.50 bits per heavy atom. The van der Waals surface area contributed by atoms with Crippen LogP contribution in [0.3, 0.4) is 0 Å². The van der Waals surface area contributed by atoms with Gasteiger partial charge in [0.25, 0.3) is 0 Å². The minimum absolute atomic E-state index is 0.0413. The average molecular weight is 275 g/mol. The highest BCUT2D eigenvalue weighted by Gasteiger charge is 2.38. The van der Waals surface area contributed by atoms with Gasteiger partial charge in [0.15, 0.2) is 0 Å². The van der Waals surface area contributed by atoms with E-state index in [1.54, 1.807) is 6.33 Å². The summed E-state index contributed by atoms with van der Waals surface area (Å²) in [5.74, 6) is 1.51. The molecule has 0 spiro atoms. The van der Waals surface area contributed by atoms with Crippen LogP contribution in [-0.2, 0) is 13.1 Å². The molecular formula is C15H25N5. The van der Waals surface area contributed by atoms with E-state index < -0.39 is 0 Å². The minimum atomic E-state index is -0.0413. The van der Waals surface area contributed by atoms with E-state index in [1.165, 1.54) is 0 Å². The van der Waals surface area contributed by atoms with Crippen molar-refractivity contribution in [2.45, 2.75) is 59.7 Å². The number of rotatable bonds is 4. The van der Waals surface area contributed by atoms with E-state index in [0.717, 1.165) is 31.8 Å². The van der Waals surface area contributed by atoms with Crippen molar-refractivity contribution in [1.29, 1.82) is 5.26 Å². The summed E-state index contributed by atoms with van der Waals surface area (Å²) in [6.45, 7) is 11.3. The Bertz CT molecular complexity index is 483. The molecule has 1 aromatic heterocycles. The van der Waals surface area contributed by atoms with Gasteiger partial charge in [-0.2, -0.15) is 10.4 Å². The van der Waals surface area contributed by atoms with E-state index in [4.69, 9.17) is 0 Å². The Hall–Kier alpha value is -1.41. The molecule has 1 unspecified atom stereocenters. The van der Waals surface area contributed by atoms with Gasteiger partial charge in [-0.15, -0.1) is 0 Å². The summed E-state index contributed by atoms with van der Waals surface area (Å²) < 4.78 is 1.97. The third-order valence-electron chi connectivity index (χ3n) is 4.07. The Kier molecular flexibility index (Phi) is 4.44. The lowest BCUT2D eigenvalue weighted by atomic mass is 9.77.